The van der Waals surface area contributed by atoms with Crippen LogP contribution < -0.4 is 4.74 Å². The number of methoxy groups -OCH3 is 1. The number of hydrogen-bond acceptors (Lipinski definition) is 2. The van der Waals surface area contributed by atoms with Crippen molar-refractivity contribution in [2.75, 3.05) is 13.7 Å². The Morgan fingerprint density at radius 3 is 2.41 bits per heavy atom. The smallest absolute Gasteiger partial charge is 0.295 e. The Labute approximate surface area is 97.4 Å². The van der Waals surface area contributed by atoms with Crippen molar-refractivity contribution in [3.8, 4) is 5.75 Å². The number of rotatable bonds is 3. The number of ether oxygens (including phenoxy) is 1. The van der Waals surface area contributed by atoms with Crippen LogP contribution in [0.5, 0.6) is 5.75 Å². The number of fused-ring (bicyclic) bond motifs is 1. The van der Waals surface area contributed by atoms with E-state index >= 15 is 0 Å². The van der Waals surface area contributed by atoms with E-state index in [-0.39, 0.29) is 5.56 Å². The molecular formula is C13H12F2O2. The summed E-state index contributed by atoms with van der Waals surface area (Å²) >= 11 is 0. The van der Waals surface area contributed by atoms with Crippen molar-refractivity contribution >= 4 is 10.8 Å². The van der Waals surface area contributed by atoms with Gasteiger partial charge in [0.1, 0.15) is 12.4 Å². The number of aliphatic hydroxyl groups excluding tert-OH is 1. The summed E-state index contributed by atoms with van der Waals surface area (Å²) in [6, 6.07) is 9.49. The number of halogens is 2. The molecule has 2 aromatic rings. The van der Waals surface area contributed by atoms with E-state index in [1.54, 1.807) is 31.4 Å². The van der Waals surface area contributed by atoms with E-state index in [2.05, 4.69) is 0 Å². The largest absolute Gasteiger partial charge is 0.497 e. The minimum absolute atomic E-state index is 0.183. The van der Waals surface area contributed by atoms with Gasteiger partial charge in [-0.05, 0) is 29.0 Å². The standard InChI is InChI=1S/C13H12F2O2/c1-17-12-5-3-9-6-11(13(14,15)8-16)4-2-10(9)7-12/h2-7,16H,8H2,1H3. The molecule has 0 aliphatic rings. The lowest BCUT2D eigenvalue weighted by Crippen LogP contribution is -2.18. The van der Waals surface area contributed by atoms with Gasteiger partial charge in [-0.25, -0.2) is 0 Å². The first-order chi connectivity index (χ1) is 8.06. The highest BCUT2D eigenvalue weighted by atomic mass is 19.3. The predicted molar refractivity (Wildman–Crippen MR) is 61.5 cm³/mol. The van der Waals surface area contributed by atoms with Crippen LogP contribution in [0.1, 0.15) is 5.56 Å². The molecule has 0 spiro atoms. The minimum atomic E-state index is -3.20. The Balaban J connectivity index is 2.52. The van der Waals surface area contributed by atoms with Crippen LogP contribution in [0.3, 0.4) is 0 Å². The first-order valence-corrected chi connectivity index (χ1v) is 5.14. The maximum absolute atomic E-state index is 13.3. The van der Waals surface area contributed by atoms with Crippen LogP contribution in [0.4, 0.5) is 8.78 Å². The molecular weight excluding hydrogens is 226 g/mol. The normalized spacial score (nSPS) is 11.8. The molecule has 0 aliphatic carbocycles. The van der Waals surface area contributed by atoms with Gasteiger partial charge in [-0.3, -0.25) is 0 Å². The molecule has 1 N–H and O–H groups in total. The number of alkyl halides is 2. The molecule has 2 rings (SSSR count). The zero-order valence-electron chi connectivity index (χ0n) is 9.28. The molecule has 0 saturated heterocycles. The van der Waals surface area contributed by atoms with E-state index in [9.17, 15) is 8.78 Å². The molecule has 0 atom stereocenters. The summed E-state index contributed by atoms with van der Waals surface area (Å²) in [6.45, 7) is -1.19. The van der Waals surface area contributed by atoms with Crippen LogP contribution in [0.25, 0.3) is 10.8 Å². The van der Waals surface area contributed by atoms with E-state index in [0.717, 1.165) is 5.39 Å². The van der Waals surface area contributed by atoms with Gasteiger partial charge in [0.2, 0.25) is 0 Å². The topological polar surface area (TPSA) is 29.5 Å². The number of aliphatic hydroxyl groups is 1. The van der Waals surface area contributed by atoms with Crippen molar-refractivity contribution in [3.05, 3.63) is 42.0 Å². The SMILES string of the molecule is COc1ccc2cc(C(F)(F)CO)ccc2c1. The van der Waals surface area contributed by atoms with Crippen LogP contribution in [-0.2, 0) is 5.92 Å². The lowest BCUT2D eigenvalue weighted by molar-refractivity contribution is -0.0555. The maximum atomic E-state index is 13.3. The fraction of sp³-hybridized carbons (Fsp3) is 0.231. The average Bonchev–Trinajstić information content (AvgIpc) is 2.37. The lowest BCUT2D eigenvalue weighted by atomic mass is 10.0. The Bertz CT molecular complexity index is 538. The molecule has 2 aromatic carbocycles. The second kappa shape index (κ2) is 4.30. The summed E-state index contributed by atoms with van der Waals surface area (Å²) in [4.78, 5) is 0. The van der Waals surface area contributed by atoms with Gasteiger partial charge >= 0.3 is 0 Å². The van der Waals surface area contributed by atoms with Gasteiger partial charge in [-0.15, -0.1) is 0 Å². The summed E-state index contributed by atoms with van der Waals surface area (Å²) in [7, 11) is 1.55. The van der Waals surface area contributed by atoms with Gasteiger partial charge in [0, 0.05) is 5.56 Å². The molecule has 0 saturated carbocycles. The number of hydrogen-bond donors (Lipinski definition) is 1. The zero-order chi connectivity index (χ0) is 12.5. The van der Waals surface area contributed by atoms with Gasteiger partial charge in [-0.2, -0.15) is 8.78 Å². The van der Waals surface area contributed by atoms with Crippen molar-refractivity contribution in [2.24, 2.45) is 0 Å². The van der Waals surface area contributed by atoms with Gasteiger partial charge < -0.3 is 9.84 Å². The third-order valence-corrected chi connectivity index (χ3v) is 2.67. The fourth-order valence-electron chi connectivity index (χ4n) is 1.67. The van der Waals surface area contributed by atoms with Crippen LogP contribution in [0.2, 0.25) is 0 Å². The summed E-state index contributed by atoms with van der Waals surface area (Å²) in [5.41, 5.74) is -0.183. The Morgan fingerprint density at radius 1 is 1.12 bits per heavy atom. The average molecular weight is 238 g/mol. The Kier molecular flexibility index (Phi) is 2.98. The van der Waals surface area contributed by atoms with E-state index in [1.807, 2.05) is 0 Å². The van der Waals surface area contributed by atoms with E-state index in [1.165, 1.54) is 12.1 Å². The summed E-state index contributed by atoms with van der Waals surface area (Å²) in [5.74, 6) is -2.52. The van der Waals surface area contributed by atoms with Crippen molar-refractivity contribution in [1.29, 1.82) is 0 Å². The van der Waals surface area contributed by atoms with Crippen molar-refractivity contribution in [3.63, 3.8) is 0 Å². The maximum Gasteiger partial charge on any atom is 0.295 e. The molecule has 0 unspecified atom stereocenters. The van der Waals surface area contributed by atoms with Gasteiger partial charge in [0.05, 0.1) is 7.11 Å². The molecule has 0 aromatic heterocycles. The van der Waals surface area contributed by atoms with Gasteiger partial charge in [0.25, 0.3) is 5.92 Å². The molecule has 0 amide bonds. The van der Waals surface area contributed by atoms with Crippen molar-refractivity contribution in [2.45, 2.75) is 5.92 Å². The summed E-state index contributed by atoms with van der Waals surface area (Å²) in [5, 5.41) is 10.1. The van der Waals surface area contributed by atoms with E-state index in [0.29, 0.717) is 11.1 Å². The van der Waals surface area contributed by atoms with Crippen LogP contribution in [-0.4, -0.2) is 18.8 Å². The highest BCUT2D eigenvalue weighted by Gasteiger charge is 2.30. The van der Waals surface area contributed by atoms with E-state index < -0.39 is 12.5 Å². The first kappa shape index (κ1) is 11.8. The third-order valence-electron chi connectivity index (χ3n) is 2.67. The predicted octanol–water partition coefficient (Wildman–Crippen LogP) is 2.93. The van der Waals surface area contributed by atoms with Crippen LogP contribution >= 0.6 is 0 Å². The highest BCUT2D eigenvalue weighted by molar-refractivity contribution is 5.84. The fourth-order valence-corrected chi connectivity index (χ4v) is 1.67. The number of benzene rings is 2. The molecule has 2 nitrogen and oxygen atoms in total. The van der Waals surface area contributed by atoms with Crippen LogP contribution in [0, 0.1) is 0 Å². The third kappa shape index (κ3) is 2.22. The minimum Gasteiger partial charge on any atom is -0.497 e. The zero-order valence-corrected chi connectivity index (χ0v) is 9.28. The van der Waals surface area contributed by atoms with Crippen molar-refractivity contribution in [1.82, 2.24) is 0 Å². The Morgan fingerprint density at radius 2 is 1.76 bits per heavy atom. The summed E-state index contributed by atoms with van der Waals surface area (Å²) < 4.78 is 31.6. The summed E-state index contributed by atoms with van der Waals surface area (Å²) in [6.07, 6.45) is 0. The second-order valence-corrected chi connectivity index (χ2v) is 3.79. The van der Waals surface area contributed by atoms with Gasteiger partial charge in [-0.1, -0.05) is 18.2 Å². The quantitative estimate of drug-likeness (QED) is 0.890. The molecule has 90 valence electrons. The Hall–Kier alpha value is -1.68. The molecule has 4 heteroatoms. The molecule has 0 aliphatic heterocycles. The molecule has 0 bridgehead atoms. The lowest BCUT2D eigenvalue weighted by Gasteiger charge is -2.14. The second-order valence-electron chi connectivity index (χ2n) is 3.79. The molecule has 0 radical (unpaired) electrons. The molecule has 0 fully saturated rings. The monoisotopic (exact) mass is 238 g/mol. The van der Waals surface area contributed by atoms with Gasteiger partial charge in [0.15, 0.2) is 0 Å². The van der Waals surface area contributed by atoms with Crippen LogP contribution in [0.15, 0.2) is 36.4 Å². The molecule has 17 heavy (non-hydrogen) atoms. The van der Waals surface area contributed by atoms with E-state index in [4.69, 9.17) is 9.84 Å². The first-order valence-electron chi connectivity index (χ1n) is 5.14. The highest BCUT2D eigenvalue weighted by Crippen LogP contribution is 2.30. The molecule has 0 heterocycles. The van der Waals surface area contributed by atoms with Crippen molar-refractivity contribution < 1.29 is 18.6 Å².